The van der Waals surface area contributed by atoms with Crippen molar-refractivity contribution in [2.24, 2.45) is 4.99 Å². The van der Waals surface area contributed by atoms with Crippen LogP contribution >= 0.6 is 11.8 Å². The number of morpholine rings is 1. The van der Waals surface area contributed by atoms with Gasteiger partial charge in [-0.1, -0.05) is 42.0 Å². The summed E-state index contributed by atoms with van der Waals surface area (Å²) in [5.41, 5.74) is 4.26. The average Bonchev–Trinajstić information content (AvgIpc) is 3.24. The van der Waals surface area contributed by atoms with Gasteiger partial charge in [0.05, 0.1) is 30.4 Å². The fraction of sp³-hybridized carbons (Fsp3) is 0.281. The van der Waals surface area contributed by atoms with E-state index in [0.717, 1.165) is 11.1 Å². The number of amides is 2. The number of benzene rings is 3. The molecule has 5 rings (SSSR count). The van der Waals surface area contributed by atoms with Crippen LogP contribution in [-0.2, 0) is 16.1 Å². The number of rotatable bonds is 8. The molecule has 0 N–H and O–H groups in total. The number of hydrogen-bond donors (Lipinski definition) is 0. The second-order valence-corrected chi connectivity index (χ2v) is 10.8. The number of aryl methyl sites for hydroxylation is 1. The van der Waals surface area contributed by atoms with Gasteiger partial charge in [-0.2, -0.15) is 0 Å². The average molecular weight is 572 g/mol. The SMILES string of the molecule is CCOc1cc(/C=C2/SC(=Nc3cccc(C(=O)N4CCOCC4)c3)N(C)C2=O)ccc1OCc1cccc(C)c1. The van der Waals surface area contributed by atoms with E-state index in [4.69, 9.17) is 19.2 Å². The lowest BCUT2D eigenvalue weighted by atomic mass is 10.1. The lowest BCUT2D eigenvalue weighted by Crippen LogP contribution is -2.40. The van der Waals surface area contributed by atoms with Crippen molar-refractivity contribution in [3.8, 4) is 11.5 Å². The molecule has 0 bridgehead atoms. The van der Waals surface area contributed by atoms with Crippen molar-refractivity contribution in [1.29, 1.82) is 0 Å². The van der Waals surface area contributed by atoms with E-state index < -0.39 is 0 Å². The minimum atomic E-state index is -0.146. The van der Waals surface area contributed by atoms with E-state index in [1.807, 2.05) is 55.5 Å². The highest BCUT2D eigenvalue weighted by atomic mass is 32.2. The molecule has 8 nitrogen and oxygen atoms in total. The van der Waals surface area contributed by atoms with Crippen molar-refractivity contribution in [1.82, 2.24) is 9.80 Å². The Morgan fingerprint density at radius 2 is 1.83 bits per heavy atom. The third-order valence-electron chi connectivity index (χ3n) is 6.66. The highest BCUT2D eigenvalue weighted by Crippen LogP contribution is 2.35. The molecule has 2 aliphatic rings. The molecular weight excluding hydrogens is 538 g/mol. The first-order chi connectivity index (χ1) is 19.9. The van der Waals surface area contributed by atoms with Crippen LogP contribution in [0.2, 0.25) is 0 Å². The molecule has 3 aromatic carbocycles. The standard InChI is InChI=1S/C32H33N3O5S/c1-4-39-28-18-23(11-12-27(28)40-21-24-8-5-7-22(2)17-24)19-29-31(37)34(3)32(41-29)33-26-10-6-9-25(20-26)30(36)35-13-15-38-16-14-35/h5-12,17-20H,4,13-16,21H2,1-3H3/b29-19+,33-32?. The molecule has 0 aromatic heterocycles. The topological polar surface area (TPSA) is 80.7 Å². The Hall–Kier alpha value is -4.08. The van der Waals surface area contributed by atoms with Gasteiger partial charge in [0, 0.05) is 25.7 Å². The number of thioether (sulfide) groups is 1. The number of nitrogens with zero attached hydrogens (tertiary/aromatic N) is 3. The molecule has 41 heavy (non-hydrogen) atoms. The second-order valence-electron chi connectivity index (χ2n) is 9.74. The van der Waals surface area contributed by atoms with E-state index in [1.165, 1.54) is 22.2 Å². The lowest BCUT2D eigenvalue weighted by molar-refractivity contribution is -0.121. The highest BCUT2D eigenvalue weighted by molar-refractivity contribution is 8.18. The summed E-state index contributed by atoms with van der Waals surface area (Å²) in [4.78, 5) is 34.5. The summed E-state index contributed by atoms with van der Waals surface area (Å²) in [5.74, 6) is 1.07. The van der Waals surface area contributed by atoms with Gasteiger partial charge in [0.25, 0.3) is 11.8 Å². The van der Waals surface area contributed by atoms with Crippen molar-refractivity contribution < 1.29 is 23.8 Å². The Bertz CT molecular complexity index is 1500. The first kappa shape index (κ1) is 28.4. The van der Waals surface area contributed by atoms with E-state index >= 15 is 0 Å². The van der Waals surface area contributed by atoms with Crippen LogP contribution in [0.3, 0.4) is 0 Å². The summed E-state index contributed by atoms with van der Waals surface area (Å²) in [5, 5.41) is 0.542. The molecule has 2 saturated heterocycles. The number of hydrogen-bond acceptors (Lipinski definition) is 7. The van der Waals surface area contributed by atoms with Crippen LogP contribution in [0.1, 0.15) is 34.0 Å². The summed E-state index contributed by atoms with van der Waals surface area (Å²) in [6.07, 6.45) is 1.83. The van der Waals surface area contributed by atoms with Crippen LogP contribution in [0.15, 0.2) is 76.6 Å². The zero-order valence-electron chi connectivity index (χ0n) is 23.5. The first-order valence-electron chi connectivity index (χ1n) is 13.6. The maximum Gasteiger partial charge on any atom is 0.266 e. The molecule has 212 valence electrons. The number of likely N-dealkylation sites (N-methyl/N-ethyl adjacent to an activating group) is 1. The Balaban J connectivity index is 1.32. The molecule has 0 spiro atoms. The molecule has 3 aromatic rings. The highest BCUT2D eigenvalue weighted by Gasteiger charge is 2.30. The Morgan fingerprint density at radius 1 is 1.02 bits per heavy atom. The predicted molar refractivity (Wildman–Crippen MR) is 162 cm³/mol. The van der Waals surface area contributed by atoms with Gasteiger partial charge < -0.3 is 19.1 Å². The maximum absolute atomic E-state index is 13.1. The van der Waals surface area contributed by atoms with Gasteiger partial charge in [0.1, 0.15) is 6.61 Å². The molecule has 0 atom stereocenters. The monoisotopic (exact) mass is 571 g/mol. The lowest BCUT2D eigenvalue weighted by Gasteiger charge is -2.26. The van der Waals surface area contributed by atoms with Crippen LogP contribution in [-0.4, -0.2) is 66.7 Å². The van der Waals surface area contributed by atoms with Crippen LogP contribution < -0.4 is 9.47 Å². The van der Waals surface area contributed by atoms with Crippen molar-refractivity contribution >= 4 is 40.5 Å². The fourth-order valence-corrected chi connectivity index (χ4v) is 5.52. The van der Waals surface area contributed by atoms with Gasteiger partial charge >= 0.3 is 0 Å². The van der Waals surface area contributed by atoms with Gasteiger partial charge in [-0.3, -0.25) is 14.5 Å². The van der Waals surface area contributed by atoms with Crippen molar-refractivity contribution in [3.05, 3.63) is 93.9 Å². The molecule has 0 saturated carbocycles. The number of amidine groups is 1. The van der Waals surface area contributed by atoms with Crippen molar-refractivity contribution in [2.75, 3.05) is 40.0 Å². The molecular formula is C32H33N3O5S. The quantitative estimate of drug-likeness (QED) is 0.324. The minimum Gasteiger partial charge on any atom is -0.490 e. The summed E-state index contributed by atoms with van der Waals surface area (Å²) < 4.78 is 17.3. The zero-order chi connectivity index (χ0) is 28.8. The molecule has 2 aliphatic heterocycles. The molecule has 0 radical (unpaired) electrons. The largest absolute Gasteiger partial charge is 0.490 e. The van der Waals surface area contributed by atoms with Gasteiger partial charge in [-0.25, -0.2) is 4.99 Å². The van der Waals surface area contributed by atoms with Crippen LogP contribution in [0.4, 0.5) is 5.69 Å². The molecule has 9 heteroatoms. The third-order valence-corrected chi connectivity index (χ3v) is 7.72. The zero-order valence-corrected chi connectivity index (χ0v) is 24.3. The number of carbonyl (C=O) groups excluding carboxylic acids is 2. The van der Waals surface area contributed by atoms with E-state index in [0.29, 0.717) is 72.3 Å². The Labute approximate surface area is 244 Å². The summed E-state index contributed by atoms with van der Waals surface area (Å²) in [6.45, 7) is 7.13. The van der Waals surface area contributed by atoms with Gasteiger partial charge in [-0.15, -0.1) is 0 Å². The normalized spacial score (nSPS) is 17.4. The van der Waals surface area contributed by atoms with Crippen molar-refractivity contribution in [3.63, 3.8) is 0 Å². The van der Waals surface area contributed by atoms with E-state index in [-0.39, 0.29) is 11.8 Å². The van der Waals surface area contributed by atoms with Gasteiger partial charge in [0.2, 0.25) is 0 Å². The molecule has 0 unspecified atom stereocenters. The van der Waals surface area contributed by atoms with E-state index in [2.05, 4.69) is 19.1 Å². The fourth-order valence-electron chi connectivity index (χ4n) is 4.54. The first-order valence-corrected chi connectivity index (χ1v) is 14.4. The third kappa shape index (κ3) is 6.99. The minimum absolute atomic E-state index is 0.0455. The maximum atomic E-state index is 13.1. The Kier molecular flexibility index (Phi) is 9.06. The second kappa shape index (κ2) is 13.1. The van der Waals surface area contributed by atoms with Crippen LogP contribution in [0, 0.1) is 6.92 Å². The molecule has 0 aliphatic carbocycles. The Morgan fingerprint density at radius 3 is 2.61 bits per heavy atom. The predicted octanol–water partition coefficient (Wildman–Crippen LogP) is 5.68. The van der Waals surface area contributed by atoms with Crippen LogP contribution in [0.5, 0.6) is 11.5 Å². The molecule has 2 heterocycles. The molecule has 2 amide bonds. The number of ether oxygens (including phenoxy) is 3. The number of carbonyl (C=O) groups is 2. The molecule has 2 fully saturated rings. The summed E-state index contributed by atoms with van der Waals surface area (Å²) in [6, 6.07) is 21.0. The number of aliphatic imine (C=N–C) groups is 1. The van der Waals surface area contributed by atoms with Crippen molar-refractivity contribution in [2.45, 2.75) is 20.5 Å². The van der Waals surface area contributed by atoms with Gasteiger partial charge in [-0.05, 0) is 73.1 Å². The van der Waals surface area contributed by atoms with E-state index in [1.54, 1.807) is 24.1 Å². The summed E-state index contributed by atoms with van der Waals surface area (Å²) >= 11 is 1.29. The van der Waals surface area contributed by atoms with E-state index in [9.17, 15) is 9.59 Å². The van der Waals surface area contributed by atoms with Gasteiger partial charge in [0.15, 0.2) is 16.7 Å². The summed E-state index contributed by atoms with van der Waals surface area (Å²) in [7, 11) is 1.70. The van der Waals surface area contributed by atoms with Crippen LogP contribution in [0.25, 0.3) is 6.08 Å². The smallest absolute Gasteiger partial charge is 0.266 e.